The lowest BCUT2D eigenvalue weighted by Crippen LogP contribution is -2.52. The molecule has 2 saturated carbocycles. The highest BCUT2D eigenvalue weighted by atomic mass is 35.5. The summed E-state index contributed by atoms with van der Waals surface area (Å²) in [7, 11) is 0. The number of likely N-dealkylation sites (N-methyl/N-ethyl adjacent to an activating group) is 1. The topological polar surface area (TPSA) is 21.7 Å². The molecule has 0 N–H and O–H groups in total. The molecule has 4 rings (SSSR count). The van der Waals surface area contributed by atoms with Crippen LogP contribution in [0.15, 0.2) is 11.6 Å². The van der Waals surface area contributed by atoms with Gasteiger partial charge in [-0.25, -0.2) is 0 Å². The number of allylic oxidation sites excluding steroid dienone is 1. The van der Waals surface area contributed by atoms with E-state index in [1.807, 2.05) is 0 Å². The highest BCUT2D eigenvalue weighted by Gasteiger charge is 2.56. The van der Waals surface area contributed by atoms with Gasteiger partial charge in [0.15, 0.2) is 0 Å². The van der Waals surface area contributed by atoms with Crippen molar-refractivity contribution in [2.75, 3.05) is 32.8 Å². The van der Waals surface area contributed by atoms with Crippen LogP contribution in [0.1, 0.15) is 72.6 Å². The van der Waals surface area contributed by atoms with Gasteiger partial charge in [0.25, 0.3) is 0 Å². The zero-order chi connectivity index (χ0) is 19.1. The molecular formula is C24H42ClNO2. The maximum atomic E-state index is 6.33. The predicted octanol–water partition coefficient (Wildman–Crippen LogP) is 5.48. The van der Waals surface area contributed by atoms with Gasteiger partial charge in [0, 0.05) is 13.2 Å². The predicted molar refractivity (Wildman–Crippen MR) is 118 cm³/mol. The number of nitrogens with zero attached hydrogens (tertiary/aromatic N) is 1. The fourth-order valence-corrected chi connectivity index (χ4v) is 7.06. The van der Waals surface area contributed by atoms with Crippen LogP contribution in [-0.4, -0.2) is 49.5 Å². The Morgan fingerprint density at radius 1 is 1.11 bits per heavy atom. The van der Waals surface area contributed by atoms with Gasteiger partial charge >= 0.3 is 0 Å². The Kier molecular flexibility index (Phi) is 7.23. The first-order valence-electron chi connectivity index (χ1n) is 11.7. The third-order valence-corrected chi connectivity index (χ3v) is 8.91. The third kappa shape index (κ3) is 3.94. The van der Waals surface area contributed by atoms with Crippen molar-refractivity contribution in [1.29, 1.82) is 0 Å². The molecule has 0 aromatic carbocycles. The number of rotatable bonds is 6. The van der Waals surface area contributed by atoms with Crippen LogP contribution in [-0.2, 0) is 9.47 Å². The number of hydrogen-bond donors (Lipinski definition) is 0. The maximum Gasteiger partial charge on any atom is 0.0686 e. The standard InChI is InChI=1S/C24H41NO2.ClH/c1-5-25(6-2)14-16-26-19-9-12-23(3)18(17-19)7-8-20-21(23)10-13-24(4)22(20)11-15-27-24;/h7,19-22H,5-6,8-17H2,1-4H3;1H/t19-,20+,21-,22-,23-,24-;/m0./s1. The van der Waals surface area contributed by atoms with Gasteiger partial charge in [0.2, 0.25) is 0 Å². The van der Waals surface area contributed by atoms with Gasteiger partial charge in [-0.3, -0.25) is 0 Å². The number of fused-ring (bicyclic) bond motifs is 5. The van der Waals surface area contributed by atoms with Crippen molar-refractivity contribution in [2.45, 2.75) is 84.3 Å². The molecule has 0 radical (unpaired) electrons. The van der Waals surface area contributed by atoms with Gasteiger partial charge in [-0.2, -0.15) is 0 Å². The average molecular weight is 412 g/mol. The van der Waals surface area contributed by atoms with Crippen LogP contribution < -0.4 is 0 Å². The van der Waals surface area contributed by atoms with Crippen molar-refractivity contribution in [2.24, 2.45) is 23.2 Å². The van der Waals surface area contributed by atoms with Crippen molar-refractivity contribution < 1.29 is 9.47 Å². The van der Waals surface area contributed by atoms with Crippen LogP contribution in [0.4, 0.5) is 0 Å². The molecule has 4 heteroatoms. The van der Waals surface area contributed by atoms with Crippen molar-refractivity contribution >= 4 is 12.4 Å². The monoisotopic (exact) mass is 411 g/mol. The van der Waals surface area contributed by atoms with Crippen LogP contribution in [0.2, 0.25) is 0 Å². The molecule has 3 aliphatic carbocycles. The molecule has 1 heterocycles. The molecule has 3 nitrogen and oxygen atoms in total. The maximum absolute atomic E-state index is 6.33. The van der Waals surface area contributed by atoms with E-state index in [2.05, 4.69) is 38.7 Å². The smallest absolute Gasteiger partial charge is 0.0686 e. The SMILES string of the molecule is CCN(CC)CCO[C@H]1CC[C@@]2(C)C(=CC[C@@H]3[C@@H]2CC[C@]2(C)OCC[C@@H]32)C1.Cl. The Balaban J connectivity index is 0.00000225. The zero-order valence-electron chi connectivity index (χ0n) is 18.5. The molecule has 3 fully saturated rings. The lowest BCUT2D eigenvalue weighted by Gasteiger charge is -2.56. The molecule has 28 heavy (non-hydrogen) atoms. The van der Waals surface area contributed by atoms with Crippen molar-refractivity contribution in [3.8, 4) is 0 Å². The molecule has 0 bridgehead atoms. The van der Waals surface area contributed by atoms with Crippen LogP contribution in [0.3, 0.4) is 0 Å². The lowest BCUT2D eigenvalue weighted by molar-refractivity contribution is -0.0946. The Hall–Kier alpha value is -0.0900. The third-order valence-electron chi connectivity index (χ3n) is 8.91. The Morgan fingerprint density at radius 2 is 1.89 bits per heavy atom. The first kappa shape index (κ1) is 22.6. The fraction of sp³-hybridized carbons (Fsp3) is 0.917. The summed E-state index contributed by atoms with van der Waals surface area (Å²) in [5.41, 5.74) is 2.32. The van der Waals surface area contributed by atoms with Crippen molar-refractivity contribution in [3.63, 3.8) is 0 Å². The van der Waals surface area contributed by atoms with Crippen LogP contribution >= 0.6 is 12.4 Å². The summed E-state index contributed by atoms with van der Waals surface area (Å²) in [5, 5.41) is 0. The van der Waals surface area contributed by atoms with E-state index in [9.17, 15) is 0 Å². The van der Waals surface area contributed by atoms with E-state index in [0.717, 1.165) is 50.6 Å². The summed E-state index contributed by atoms with van der Waals surface area (Å²) < 4.78 is 12.5. The summed E-state index contributed by atoms with van der Waals surface area (Å²) in [6, 6.07) is 0. The summed E-state index contributed by atoms with van der Waals surface area (Å²) in [6.45, 7) is 14.7. The Labute approximate surface area is 179 Å². The molecule has 6 atom stereocenters. The van der Waals surface area contributed by atoms with Crippen molar-refractivity contribution in [3.05, 3.63) is 11.6 Å². The summed E-state index contributed by atoms with van der Waals surface area (Å²) >= 11 is 0. The van der Waals surface area contributed by atoms with Gasteiger partial charge in [-0.1, -0.05) is 32.4 Å². The van der Waals surface area contributed by atoms with E-state index >= 15 is 0 Å². The lowest BCUT2D eigenvalue weighted by atomic mass is 9.49. The Morgan fingerprint density at radius 3 is 2.64 bits per heavy atom. The second-order valence-corrected chi connectivity index (χ2v) is 10.0. The van der Waals surface area contributed by atoms with Crippen LogP contribution in [0.25, 0.3) is 0 Å². The molecule has 0 aromatic heterocycles. The van der Waals surface area contributed by atoms with E-state index in [0.29, 0.717) is 11.5 Å². The number of ether oxygens (including phenoxy) is 2. The highest BCUT2D eigenvalue weighted by Crippen LogP contribution is 2.61. The van der Waals surface area contributed by atoms with E-state index in [-0.39, 0.29) is 18.0 Å². The summed E-state index contributed by atoms with van der Waals surface area (Å²) in [4.78, 5) is 2.46. The van der Waals surface area contributed by atoms with Gasteiger partial charge < -0.3 is 14.4 Å². The Bertz CT molecular complexity index is 563. The molecule has 1 aliphatic heterocycles. The molecule has 4 aliphatic rings. The first-order chi connectivity index (χ1) is 13.0. The minimum absolute atomic E-state index is 0. The second-order valence-electron chi connectivity index (χ2n) is 10.0. The molecule has 0 amide bonds. The molecule has 0 aromatic rings. The van der Waals surface area contributed by atoms with E-state index < -0.39 is 0 Å². The van der Waals surface area contributed by atoms with Crippen molar-refractivity contribution in [1.82, 2.24) is 4.90 Å². The summed E-state index contributed by atoms with van der Waals surface area (Å²) in [6.07, 6.45) is 12.0. The molecule has 0 unspecified atom stereocenters. The normalized spacial score (nSPS) is 42.2. The first-order valence-corrected chi connectivity index (χ1v) is 11.7. The van der Waals surface area contributed by atoms with Crippen LogP contribution in [0.5, 0.6) is 0 Å². The average Bonchev–Trinajstić information content (AvgIpc) is 3.07. The number of halogens is 1. The van der Waals surface area contributed by atoms with Gasteiger partial charge in [0.1, 0.15) is 0 Å². The molecule has 162 valence electrons. The van der Waals surface area contributed by atoms with E-state index in [1.54, 1.807) is 5.57 Å². The molecule has 0 spiro atoms. The van der Waals surface area contributed by atoms with Crippen LogP contribution in [0, 0.1) is 23.2 Å². The van der Waals surface area contributed by atoms with Gasteiger partial charge in [-0.15, -0.1) is 12.4 Å². The van der Waals surface area contributed by atoms with E-state index in [4.69, 9.17) is 9.47 Å². The van der Waals surface area contributed by atoms with E-state index in [1.165, 1.54) is 44.9 Å². The summed E-state index contributed by atoms with van der Waals surface area (Å²) in [5.74, 6) is 2.50. The molecular weight excluding hydrogens is 370 g/mol. The minimum atomic E-state index is 0. The highest BCUT2D eigenvalue weighted by molar-refractivity contribution is 5.85. The zero-order valence-corrected chi connectivity index (χ0v) is 19.4. The fourth-order valence-electron chi connectivity index (χ4n) is 7.06. The van der Waals surface area contributed by atoms with Gasteiger partial charge in [0.05, 0.1) is 18.3 Å². The quantitative estimate of drug-likeness (QED) is 0.540. The molecule has 1 saturated heterocycles. The number of hydrogen-bond acceptors (Lipinski definition) is 3. The second kappa shape index (κ2) is 8.96. The van der Waals surface area contributed by atoms with Gasteiger partial charge in [-0.05, 0) is 88.1 Å². The largest absolute Gasteiger partial charge is 0.377 e. The minimum Gasteiger partial charge on any atom is -0.377 e.